The highest BCUT2D eigenvalue weighted by molar-refractivity contribution is 5.85. The molecule has 100 valence electrons. The fraction of sp³-hybridized carbons (Fsp3) is 0.923. The first-order valence-electron chi connectivity index (χ1n) is 6.63. The van der Waals surface area contributed by atoms with Crippen molar-refractivity contribution in [1.82, 2.24) is 0 Å². The summed E-state index contributed by atoms with van der Waals surface area (Å²) in [6.07, 6.45) is 6.73. The van der Waals surface area contributed by atoms with Gasteiger partial charge in [0, 0.05) is 6.04 Å². The van der Waals surface area contributed by atoms with Crippen LogP contribution in [0.5, 0.6) is 0 Å². The minimum atomic E-state index is 0. The summed E-state index contributed by atoms with van der Waals surface area (Å²) in [4.78, 5) is 11.7. The Morgan fingerprint density at radius 3 is 2.53 bits per heavy atom. The number of hydrogen-bond acceptors (Lipinski definition) is 3. The fourth-order valence-corrected chi connectivity index (χ4v) is 3.40. The van der Waals surface area contributed by atoms with E-state index >= 15 is 0 Å². The van der Waals surface area contributed by atoms with Crippen LogP contribution in [0.1, 0.15) is 45.4 Å². The lowest BCUT2D eigenvalue weighted by molar-refractivity contribution is -0.150. The van der Waals surface area contributed by atoms with Gasteiger partial charge in [0.05, 0.1) is 12.5 Å². The second-order valence-electron chi connectivity index (χ2n) is 5.36. The van der Waals surface area contributed by atoms with E-state index in [0.717, 1.165) is 31.1 Å². The maximum atomic E-state index is 11.7. The topological polar surface area (TPSA) is 52.3 Å². The van der Waals surface area contributed by atoms with E-state index in [1.165, 1.54) is 19.3 Å². The zero-order valence-corrected chi connectivity index (χ0v) is 11.4. The lowest BCUT2D eigenvalue weighted by Crippen LogP contribution is -2.38. The summed E-state index contributed by atoms with van der Waals surface area (Å²) in [5.74, 6) is 1.68. The molecule has 2 aliphatic rings. The molecule has 4 heteroatoms. The number of fused-ring (bicyclic) bond motifs is 1. The van der Waals surface area contributed by atoms with Crippen LogP contribution in [0.2, 0.25) is 0 Å². The number of nitrogens with two attached hydrogens (primary N) is 1. The van der Waals surface area contributed by atoms with E-state index in [1.54, 1.807) is 0 Å². The summed E-state index contributed by atoms with van der Waals surface area (Å²) in [7, 11) is 0. The maximum absolute atomic E-state index is 11.7. The quantitative estimate of drug-likeness (QED) is 0.777. The van der Waals surface area contributed by atoms with Gasteiger partial charge in [0.15, 0.2) is 0 Å². The van der Waals surface area contributed by atoms with Gasteiger partial charge in [0.25, 0.3) is 0 Å². The Kier molecular flexibility index (Phi) is 5.74. The van der Waals surface area contributed by atoms with Crippen molar-refractivity contribution in [2.24, 2.45) is 23.5 Å². The molecule has 0 radical (unpaired) electrons. The summed E-state index contributed by atoms with van der Waals surface area (Å²) in [5, 5.41) is 0. The predicted octanol–water partition coefficient (Wildman–Crippen LogP) is 2.52. The van der Waals surface area contributed by atoms with Gasteiger partial charge in [-0.15, -0.1) is 12.4 Å². The van der Waals surface area contributed by atoms with E-state index < -0.39 is 0 Å². The van der Waals surface area contributed by atoms with E-state index in [2.05, 4.69) is 0 Å². The number of halogens is 1. The summed E-state index contributed by atoms with van der Waals surface area (Å²) < 4.78 is 5.12. The third-order valence-electron chi connectivity index (χ3n) is 4.27. The van der Waals surface area contributed by atoms with Gasteiger partial charge in [-0.25, -0.2) is 0 Å². The number of hydrogen-bond donors (Lipinski definition) is 1. The number of rotatable bonds is 2. The number of ether oxygens (including phenoxy) is 1. The van der Waals surface area contributed by atoms with Gasteiger partial charge in [0.2, 0.25) is 0 Å². The van der Waals surface area contributed by atoms with E-state index in [1.807, 2.05) is 6.92 Å². The van der Waals surface area contributed by atoms with Crippen molar-refractivity contribution >= 4 is 18.4 Å². The SMILES string of the molecule is CCOC(=O)C1CCC2CC(N)CCC2C1.Cl. The zero-order valence-electron chi connectivity index (χ0n) is 10.6. The van der Waals surface area contributed by atoms with E-state index in [0.29, 0.717) is 12.6 Å². The van der Waals surface area contributed by atoms with Crippen molar-refractivity contribution in [1.29, 1.82) is 0 Å². The Hall–Kier alpha value is -0.280. The largest absolute Gasteiger partial charge is 0.466 e. The molecular formula is C13H24ClNO2. The van der Waals surface area contributed by atoms with E-state index in [9.17, 15) is 4.79 Å². The first kappa shape index (κ1) is 14.8. The molecule has 2 fully saturated rings. The molecule has 0 saturated heterocycles. The molecule has 0 bridgehead atoms. The van der Waals surface area contributed by atoms with Crippen LogP contribution in [0.4, 0.5) is 0 Å². The van der Waals surface area contributed by atoms with Crippen LogP contribution in [0.15, 0.2) is 0 Å². The molecule has 2 aliphatic carbocycles. The van der Waals surface area contributed by atoms with Crippen LogP contribution in [0.25, 0.3) is 0 Å². The minimum Gasteiger partial charge on any atom is -0.466 e. The van der Waals surface area contributed by atoms with Crippen LogP contribution in [-0.4, -0.2) is 18.6 Å². The van der Waals surface area contributed by atoms with Crippen LogP contribution in [0.3, 0.4) is 0 Å². The van der Waals surface area contributed by atoms with Gasteiger partial charge in [-0.05, 0) is 57.3 Å². The smallest absolute Gasteiger partial charge is 0.308 e. The van der Waals surface area contributed by atoms with Gasteiger partial charge < -0.3 is 10.5 Å². The highest BCUT2D eigenvalue weighted by atomic mass is 35.5. The van der Waals surface area contributed by atoms with E-state index in [4.69, 9.17) is 10.5 Å². The molecule has 0 aromatic carbocycles. The molecular weight excluding hydrogens is 238 g/mol. The van der Waals surface area contributed by atoms with Crippen molar-refractivity contribution in [3.63, 3.8) is 0 Å². The average molecular weight is 262 g/mol. The van der Waals surface area contributed by atoms with Crippen LogP contribution in [0, 0.1) is 17.8 Å². The third kappa shape index (κ3) is 3.59. The molecule has 4 atom stereocenters. The number of carbonyl (C=O) groups is 1. The molecule has 17 heavy (non-hydrogen) atoms. The van der Waals surface area contributed by atoms with Crippen molar-refractivity contribution in [3.05, 3.63) is 0 Å². The zero-order chi connectivity index (χ0) is 11.5. The van der Waals surface area contributed by atoms with Gasteiger partial charge in [-0.2, -0.15) is 0 Å². The minimum absolute atomic E-state index is 0. The van der Waals surface area contributed by atoms with Gasteiger partial charge >= 0.3 is 5.97 Å². The molecule has 0 amide bonds. The number of esters is 1. The Labute approximate surface area is 110 Å². The lowest BCUT2D eigenvalue weighted by atomic mass is 9.66. The molecule has 0 heterocycles. The lowest BCUT2D eigenvalue weighted by Gasteiger charge is -2.40. The van der Waals surface area contributed by atoms with E-state index in [-0.39, 0.29) is 24.3 Å². The van der Waals surface area contributed by atoms with Crippen LogP contribution < -0.4 is 5.73 Å². The molecule has 2 saturated carbocycles. The Bertz CT molecular complexity index is 260. The van der Waals surface area contributed by atoms with Crippen molar-refractivity contribution < 1.29 is 9.53 Å². The standard InChI is InChI=1S/C13H23NO2.ClH/c1-2-16-13(15)11-4-3-10-8-12(14)6-5-9(10)7-11;/h9-12H,2-8,14H2,1H3;1H. The van der Waals surface area contributed by atoms with Crippen LogP contribution >= 0.6 is 12.4 Å². The summed E-state index contributed by atoms with van der Waals surface area (Å²) in [6, 6.07) is 0.403. The van der Waals surface area contributed by atoms with Crippen molar-refractivity contribution in [3.8, 4) is 0 Å². The fourth-order valence-electron chi connectivity index (χ4n) is 3.40. The summed E-state index contributed by atoms with van der Waals surface area (Å²) >= 11 is 0. The average Bonchev–Trinajstić information content (AvgIpc) is 2.28. The Morgan fingerprint density at radius 2 is 1.82 bits per heavy atom. The van der Waals surface area contributed by atoms with Crippen LogP contribution in [-0.2, 0) is 9.53 Å². The highest BCUT2D eigenvalue weighted by Gasteiger charge is 2.37. The van der Waals surface area contributed by atoms with Gasteiger partial charge in [0.1, 0.15) is 0 Å². The van der Waals surface area contributed by atoms with Gasteiger partial charge in [-0.3, -0.25) is 4.79 Å². The molecule has 0 spiro atoms. The monoisotopic (exact) mass is 261 g/mol. The highest BCUT2D eigenvalue weighted by Crippen LogP contribution is 2.42. The summed E-state index contributed by atoms with van der Waals surface area (Å²) in [5.41, 5.74) is 5.99. The first-order chi connectivity index (χ1) is 7.70. The predicted molar refractivity (Wildman–Crippen MR) is 70.0 cm³/mol. The molecule has 4 unspecified atom stereocenters. The Balaban J connectivity index is 0.00000144. The molecule has 2 N–H and O–H groups in total. The molecule has 0 aliphatic heterocycles. The Morgan fingerprint density at radius 1 is 1.18 bits per heavy atom. The first-order valence-corrected chi connectivity index (χ1v) is 6.63. The second-order valence-corrected chi connectivity index (χ2v) is 5.36. The second kappa shape index (κ2) is 6.60. The molecule has 0 aromatic heterocycles. The number of carbonyl (C=O) groups excluding carboxylic acids is 1. The van der Waals surface area contributed by atoms with Gasteiger partial charge in [-0.1, -0.05) is 0 Å². The molecule has 3 nitrogen and oxygen atoms in total. The van der Waals surface area contributed by atoms with Crippen molar-refractivity contribution in [2.45, 2.75) is 51.5 Å². The third-order valence-corrected chi connectivity index (χ3v) is 4.27. The van der Waals surface area contributed by atoms with Crippen molar-refractivity contribution in [2.75, 3.05) is 6.61 Å². The summed E-state index contributed by atoms with van der Waals surface area (Å²) in [6.45, 7) is 2.39. The normalized spacial score (nSPS) is 36.6. The maximum Gasteiger partial charge on any atom is 0.308 e. The molecule has 2 rings (SSSR count). The molecule has 0 aromatic rings.